The molecule has 4 rings (SSSR count). The monoisotopic (exact) mass is 288 g/mol. The second-order valence-electron chi connectivity index (χ2n) is 5.90. The summed E-state index contributed by atoms with van der Waals surface area (Å²) in [6.07, 6.45) is 7.74. The zero-order chi connectivity index (χ0) is 14.3. The Hall–Kier alpha value is -1.82. The van der Waals surface area contributed by atoms with Crippen molar-refractivity contribution in [1.82, 2.24) is 19.9 Å². The van der Waals surface area contributed by atoms with Gasteiger partial charge in [-0.25, -0.2) is 0 Å². The average Bonchev–Trinajstić information content (AvgIpc) is 3.05. The van der Waals surface area contributed by atoms with Crippen molar-refractivity contribution in [3.8, 4) is 6.01 Å². The maximum Gasteiger partial charge on any atom is 0.319 e. The Bertz CT molecular complexity index is 668. The number of hydrogen-bond acceptors (Lipinski definition) is 5. The van der Waals surface area contributed by atoms with Crippen molar-refractivity contribution in [2.45, 2.75) is 31.2 Å². The van der Waals surface area contributed by atoms with Crippen molar-refractivity contribution in [2.24, 2.45) is 0 Å². The molecule has 0 saturated carbocycles. The topological polar surface area (TPSA) is 51.1 Å². The second-order valence-corrected chi connectivity index (χ2v) is 5.90. The molecule has 0 spiro atoms. The molecule has 0 unspecified atom stereocenters. The largest absolute Gasteiger partial charge is 0.461 e. The fraction of sp³-hybridized carbons (Fsp3) is 0.533. The number of rotatable bonds is 3. The maximum absolute atomic E-state index is 13.9. The van der Waals surface area contributed by atoms with Crippen molar-refractivity contribution in [2.75, 3.05) is 19.7 Å². The number of pyridine rings is 1. The molecule has 110 valence electrons. The van der Waals surface area contributed by atoms with Gasteiger partial charge in [-0.05, 0) is 44.8 Å². The minimum absolute atomic E-state index is 0.118. The second kappa shape index (κ2) is 4.87. The van der Waals surface area contributed by atoms with Gasteiger partial charge in [0.2, 0.25) is 5.95 Å². The number of ether oxygens (including phenoxy) is 1. The highest BCUT2D eigenvalue weighted by Crippen LogP contribution is 2.38. The Kier molecular flexibility index (Phi) is 2.99. The summed E-state index contributed by atoms with van der Waals surface area (Å²) in [6, 6.07) is 1.79. The maximum atomic E-state index is 13.9. The first kappa shape index (κ1) is 12.9. The van der Waals surface area contributed by atoms with Crippen molar-refractivity contribution in [1.29, 1.82) is 0 Å². The van der Waals surface area contributed by atoms with Gasteiger partial charge in [0, 0.05) is 12.4 Å². The van der Waals surface area contributed by atoms with Gasteiger partial charge < -0.3 is 4.74 Å². The minimum Gasteiger partial charge on any atom is -0.461 e. The van der Waals surface area contributed by atoms with E-state index in [1.807, 2.05) is 0 Å². The van der Waals surface area contributed by atoms with Crippen LogP contribution in [0.3, 0.4) is 0 Å². The van der Waals surface area contributed by atoms with Crippen LogP contribution in [-0.4, -0.2) is 45.1 Å². The van der Waals surface area contributed by atoms with E-state index in [1.165, 1.54) is 19.0 Å². The molecule has 2 aromatic heterocycles. The van der Waals surface area contributed by atoms with Crippen molar-refractivity contribution < 1.29 is 9.13 Å². The normalized spacial score (nSPS) is 20.8. The molecule has 5 nitrogen and oxygen atoms in total. The van der Waals surface area contributed by atoms with Crippen LogP contribution >= 0.6 is 0 Å². The fourth-order valence-corrected chi connectivity index (χ4v) is 3.64. The molecule has 0 radical (unpaired) electrons. The van der Waals surface area contributed by atoms with Gasteiger partial charge in [0.1, 0.15) is 6.61 Å². The van der Waals surface area contributed by atoms with E-state index in [0.29, 0.717) is 17.5 Å². The highest BCUT2D eigenvalue weighted by atomic mass is 19.1. The summed E-state index contributed by atoms with van der Waals surface area (Å²) >= 11 is 0. The molecule has 2 aliphatic rings. The molecule has 2 aromatic rings. The van der Waals surface area contributed by atoms with Crippen molar-refractivity contribution >= 4 is 10.9 Å². The first-order valence-corrected chi connectivity index (χ1v) is 7.42. The average molecular weight is 288 g/mol. The number of aromatic nitrogens is 3. The predicted octanol–water partition coefficient (Wildman–Crippen LogP) is 2.17. The molecular formula is C15H17FN4O. The first-order valence-electron chi connectivity index (χ1n) is 7.42. The summed E-state index contributed by atoms with van der Waals surface area (Å²) in [5, 5.41) is 0.325. The summed E-state index contributed by atoms with van der Waals surface area (Å²) in [6.45, 7) is 2.83. The summed E-state index contributed by atoms with van der Waals surface area (Å²) < 4.78 is 19.7. The van der Waals surface area contributed by atoms with Crippen LogP contribution in [0.25, 0.3) is 10.9 Å². The van der Waals surface area contributed by atoms with E-state index in [-0.39, 0.29) is 11.5 Å². The molecule has 2 aliphatic heterocycles. The third-order valence-corrected chi connectivity index (χ3v) is 4.71. The molecule has 2 fully saturated rings. The van der Waals surface area contributed by atoms with Gasteiger partial charge >= 0.3 is 6.01 Å². The van der Waals surface area contributed by atoms with Crippen LogP contribution in [-0.2, 0) is 0 Å². The Morgan fingerprint density at radius 3 is 2.86 bits per heavy atom. The number of nitrogens with zero attached hydrogens (tertiary/aromatic N) is 4. The predicted molar refractivity (Wildman–Crippen MR) is 75.6 cm³/mol. The smallest absolute Gasteiger partial charge is 0.319 e. The van der Waals surface area contributed by atoms with E-state index >= 15 is 0 Å². The zero-order valence-corrected chi connectivity index (χ0v) is 11.8. The lowest BCUT2D eigenvalue weighted by Crippen LogP contribution is -2.43. The summed E-state index contributed by atoms with van der Waals surface area (Å²) in [5.74, 6) is -0.574. The lowest BCUT2D eigenvalue weighted by molar-refractivity contribution is 0.107. The molecule has 0 atom stereocenters. The molecule has 4 heterocycles. The van der Waals surface area contributed by atoms with Crippen LogP contribution in [0.5, 0.6) is 6.01 Å². The van der Waals surface area contributed by atoms with Crippen LogP contribution < -0.4 is 4.74 Å². The Morgan fingerprint density at radius 2 is 2.05 bits per heavy atom. The first-order chi connectivity index (χ1) is 10.3. The Morgan fingerprint density at radius 1 is 1.24 bits per heavy atom. The van der Waals surface area contributed by atoms with Gasteiger partial charge in [0.15, 0.2) is 0 Å². The Balaban J connectivity index is 1.57. The molecular weight excluding hydrogens is 271 g/mol. The van der Waals surface area contributed by atoms with E-state index in [1.54, 1.807) is 12.3 Å². The summed E-state index contributed by atoms with van der Waals surface area (Å²) in [4.78, 5) is 14.5. The zero-order valence-electron chi connectivity index (χ0n) is 11.8. The van der Waals surface area contributed by atoms with Gasteiger partial charge in [-0.2, -0.15) is 14.4 Å². The SMILES string of the molecule is Fc1nc(OCC23CCCN2CCC3)nc2ccncc12. The third-order valence-electron chi connectivity index (χ3n) is 4.71. The molecule has 0 aliphatic carbocycles. The molecule has 0 N–H and O–H groups in total. The van der Waals surface area contributed by atoms with Crippen molar-refractivity contribution in [3.05, 3.63) is 24.4 Å². The van der Waals surface area contributed by atoms with E-state index in [4.69, 9.17) is 4.74 Å². The van der Waals surface area contributed by atoms with Crippen LogP contribution in [0, 0.1) is 5.95 Å². The number of halogens is 1. The highest BCUT2D eigenvalue weighted by Gasteiger charge is 2.44. The minimum atomic E-state index is -0.574. The van der Waals surface area contributed by atoms with Crippen LogP contribution in [0.15, 0.2) is 18.5 Å². The molecule has 2 saturated heterocycles. The van der Waals surface area contributed by atoms with E-state index < -0.39 is 5.95 Å². The standard InChI is InChI=1S/C15H17FN4O/c16-13-11-9-17-6-3-12(11)18-14(19-13)21-10-15-4-1-7-20(15)8-2-5-15/h3,6,9H,1-2,4-5,7-8,10H2. The fourth-order valence-electron chi connectivity index (χ4n) is 3.64. The lowest BCUT2D eigenvalue weighted by atomic mass is 9.95. The lowest BCUT2D eigenvalue weighted by Gasteiger charge is -2.31. The van der Waals surface area contributed by atoms with Gasteiger partial charge in [-0.1, -0.05) is 0 Å². The van der Waals surface area contributed by atoms with Crippen LogP contribution in [0.2, 0.25) is 0 Å². The summed E-state index contributed by atoms with van der Waals surface area (Å²) in [7, 11) is 0. The molecule has 0 aromatic carbocycles. The number of hydrogen-bond donors (Lipinski definition) is 0. The summed E-state index contributed by atoms with van der Waals surface area (Å²) in [5.41, 5.74) is 0.646. The molecule has 21 heavy (non-hydrogen) atoms. The third kappa shape index (κ3) is 2.14. The van der Waals surface area contributed by atoms with Gasteiger partial charge in [-0.15, -0.1) is 0 Å². The van der Waals surface area contributed by atoms with E-state index in [2.05, 4.69) is 19.9 Å². The van der Waals surface area contributed by atoms with Crippen LogP contribution in [0.1, 0.15) is 25.7 Å². The van der Waals surface area contributed by atoms with Gasteiger partial charge in [-0.3, -0.25) is 9.88 Å². The quantitative estimate of drug-likeness (QED) is 0.810. The Labute approximate surface area is 122 Å². The number of fused-ring (bicyclic) bond motifs is 2. The molecule has 0 amide bonds. The molecule has 0 bridgehead atoms. The van der Waals surface area contributed by atoms with Gasteiger partial charge in [0.05, 0.1) is 16.4 Å². The van der Waals surface area contributed by atoms with E-state index in [9.17, 15) is 4.39 Å². The highest BCUT2D eigenvalue weighted by molar-refractivity contribution is 5.77. The van der Waals surface area contributed by atoms with Crippen LogP contribution in [0.4, 0.5) is 4.39 Å². The molecule has 6 heteroatoms. The van der Waals surface area contributed by atoms with Gasteiger partial charge in [0.25, 0.3) is 0 Å². The van der Waals surface area contributed by atoms with Crippen molar-refractivity contribution in [3.63, 3.8) is 0 Å². The van der Waals surface area contributed by atoms with E-state index in [0.717, 1.165) is 25.9 Å².